The molecule has 1 fully saturated rings. The lowest BCUT2D eigenvalue weighted by molar-refractivity contribution is -0.757. The van der Waals surface area contributed by atoms with E-state index in [4.69, 9.17) is 21.1 Å². The van der Waals surface area contributed by atoms with E-state index in [2.05, 4.69) is 35.4 Å². The Morgan fingerprint density at radius 1 is 1.20 bits per heavy atom. The zero-order chi connectivity index (χ0) is 32.2. The molecule has 3 aromatic rings. The standard InChI is InChI=1S/C29H35ClN8O7/c1-19(7-3-4-14-44-38(41)42)28(40)45-25-8-5-13-37(25)29-35-17-21(27(39)34-18-24-31-11-6-12-32-24)26(36-29)33-16-20-9-10-23(43-2)22(30)15-20/h6,9-12,15,17,19,25H,3-5,7-8,13-14,16,18H2,1-2H3,(H,34,39)(H,33,35,36). The minimum absolute atomic E-state index is 0.0154. The van der Waals surface area contributed by atoms with Crippen molar-refractivity contribution in [3.05, 3.63) is 74.9 Å². The van der Waals surface area contributed by atoms with Gasteiger partial charge in [0.15, 0.2) is 6.23 Å². The molecule has 2 N–H and O–H groups in total. The first-order valence-corrected chi connectivity index (χ1v) is 14.8. The van der Waals surface area contributed by atoms with Crippen molar-refractivity contribution >= 4 is 35.2 Å². The monoisotopic (exact) mass is 642 g/mol. The number of benzene rings is 1. The molecule has 240 valence electrons. The topological polar surface area (TPSA) is 184 Å². The average Bonchev–Trinajstić information content (AvgIpc) is 3.50. The smallest absolute Gasteiger partial charge is 0.310 e. The largest absolute Gasteiger partial charge is 0.495 e. The average molecular weight is 643 g/mol. The second kappa shape index (κ2) is 16.3. The number of anilines is 2. The molecule has 2 unspecified atom stereocenters. The number of methoxy groups -OCH3 is 1. The summed E-state index contributed by atoms with van der Waals surface area (Å²) in [6, 6.07) is 7.04. The fraction of sp³-hybridized carbons (Fsp3) is 0.448. The van der Waals surface area contributed by atoms with Gasteiger partial charge >= 0.3 is 5.97 Å². The van der Waals surface area contributed by atoms with Gasteiger partial charge in [-0.1, -0.05) is 31.0 Å². The van der Waals surface area contributed by atoms with Crippen molar-refractivity contribution in [1.82, 2.24) is 25.3 Å². The number of amides is 1. The van der Waals surface area contributed by atoms with Gasteiger partial charge in [-0.2, -0.15) is 4.98 Å². The van der Waals surface area contributed by atoms with Crippen LogP contribution in [0.2, 0.25) is 5.02 Å². The minimum atomic E-state index is -0.831. The zero-order valence-electron chi connectivity index (χ0n) is 25.0. The van der Waals surface area contributed by atoms with E-state index < -0.39 is 23.1 Å². The lowest BCUT2D eigenvalue weighted by atomic mass is 10.0. The summed E-state index contributed by atoms with van der Waals surface area (Å²) in [6.07, 6.45) is 6.91. The van der Waals surface area contributed by atoms with E-state index in [-0.39, 0.29) is 30.5 Å². The maximum Gasteiger partial charge on any atom is 0.310 e. The molecule has 1 saturated heterocycles. The van der Waals surface area contributed by atoms with Crippen molar-refractivity contribution in [2.75, 3.05) is 30.5 Å². The van der Waals surface area contributed by atoms with Crippen molar-refractivity contribution in [2.24, 2.45) is 5.92 Å². The summed E-state index contributed by atoms with van der Waals surface area (Å²) in [4.78, 5) is 59.9. The van der Waals surface area contributed by atoms with E-state index in [0.29, 0.717) is 61.3 Å². The third-order valence-electron chi connectivity index (χ3n) is 7.06. The second-order valence-corrected chi connectivity index (χ2v) is 10.7. The van der Waals surface area contributed by atoms with Crippen LogP contribution in [0.15, 0.2) is 42.9 Å². The van der Waals surface area contributed by atoms with Crippen LogP contribution in [0.4, 0.5) is 11.8 Å². The molecular weight excluding hydrogens is 608 g/mol. The van der Waals surface area contributed by atoms with Gasteiger partial charge in [0.1, 0.15) is 23.0 Å². The SMILES string of the molecule is COc1ccc(CNc2nc(N3CCCC3OC(=O)C(C)CCCCO[N+](=O)[O-])ncc2C(=O)NCc2ncccn2)cc1Cl. The number of halogens is 1. The number of nitrogens with zero attached hydrogens (tertiary/aromatic N) is 6. The number of rotatable bonds is 16. The normalized spacial score (nSPS) is 14.8. The first-order valence-electron chi connectivity index (χ1n) is 14.5. The molecule has 1 aliphatic heterocycles. The molecule has 0 bridgehead atoms. The van der Waals surface area contributed by atoms with Gasteiger partial charge in [-0.05, 0) is 43.0 Å². The Labute approximate surface area is 264 Å². The molecule has 0 spiro atoms. The predicted molar refractivity (Wildman–Crippen MR) is 163 cm³/mol. The number of aromatic nitrogens is 4. The zero-order valence-corrected chi connectivity index (χ0v) is 25.7. The van der Waals surface area contributed by atoms with Crippen LogP contribution >= 0.6 is 11.6 Å². The van der Waals surface area contributed by atoms with Crippen LogP contribution in [-0.4, -0.2) is 63.4 Å². The van der Waals surface area contributed by atoms with Crippen LogP contribution in [-0.2, 0) is 27.5 Å². The first-order chi connectivity index (χ1) is 21.7. The number of carbonyl (C=O) groups is 2. The molecule has 1 aromatic carbocycles. The van der Waals surface area contributed by atoms with Gasteiger partial charge in [-0.15, -0.1) is 10.1 Å². The van der Waals surface area contributed by atoms with Crippen LogP contribution in [0.3, 0.4) is 0 Å². The summed E-state index contributed by atoms with van der Waals surface area (Å²) in [7, 11) is 1.54. The number of ether oxygens (including phenoxy) is 2. The lowest BCUT2D eigenvalue weighted by Gasteiger charge is -2.26. The predicted octanol–water partition coefficient (Wildman–Crippen LogP) is 3.95. The number of carbonyl (C=O) groups excluding carboxylic acids is 2. The molecule has 16 heteroatoms. The quantitative estimate of drug-likeness (QED) is 0.0991. The van der Waals surface area contributed by atoms with Crippen molar-refractivity contribution < 1.29 is 29.0 Å². The molecule has 0 radical (unpaired) electrons. The van der Waals surface area contributed by atoms with Crippen LogP contribution in [0.25, 0.3) is 0 Å². The van der Waals surface area contributed by atoms with E-state index in [1.165, 1.54) is 13.3 Å². The number of nitrogens with one attached hydrogen (secondary N) is 2. The van der Waals surface area contributed by atoms with Gasteiger partial charge in [0.2, 0.25) is 5.95 Å². The Hall–Kier alpha value is -4.79. The molecule has 2 atom stereocenters. The maximum absolute atomic E-state index is 13.2. The Kier molecular flexibility index (Phi) is 12.0. The van der Waals surface area contributed by atoms with E-state index in [0.717, 1.165) is 12.0 Å². The maximum atomic E-state index is 13.2. The van der Waals surface area contributed by atoms with E-state index >= 15 is 0 Å². The van der Waals surface area contributed by atoms with E-state index in [1.807, 2.05) is 6.07 Å². The molecule has 4 rings (SSSR count). The van der Waals surface area contributed by atoms with Crippen molar-refractivity contribution in [1.29, 1.82) is 0 Å². The Morgan fingerprint density at radius 3 is 2.73 bits per heavy atom. The van der Waals surface area contributed by atoms with E-state index in [9.17, 15) is 19.7 Å². The Morgan fingerprint density at radius 2 is 2.00 bits per heavy atom. The third kappa shape index (κ3) is 9.60. The van der Waals surface area contributed by atoms with Crippen LogP contribution in [0.1, 0.15) is 60.8 Å². The summed E-state index contributed by atoms with van der Waals surface area (Å²) in [5.41, 5.74) is 1.04. The first kappa shape index (κ1) is 33.1. The number of esters is 1. The number of unbranched alkanes of at least 4 members (excludes halogenated alkanes) is 1. The molecule has 1 aliphatic rings. The summed E-state index contributed by atoms with van der Waals surface area (Å²) in [5, 5.41) is 15.9. The Balaban J connectivity index is 1.47. The van der Waals surface area contributed by atoms with Crippen LogP contribution in [0, 0.1) is 16.0 Å². The second-order valence-electron chi connectivity index (χ2n) is 10.3. The summed E-state index contributed by atoms with van der Waals surface area (Å²) in [6.45, 7) is 2.70. The van der Waals surface area contributed by atoms with Crippen LogP contribution in [0.5, 0.6) is 5.75 Å². The molecule has 0 saturated carbocycles. The van der Waals surface area contributed by atoms with Crippen LogP contribution < -0.4 is 20.3 Å². The summed E-state index contributed by atoms with van der Waals surface area (Å²) in [5.74, 6) is 0.361. The molecule has 1 amide bonds. The Bertz CT molecular complexity index is 1470. The highest BCUT2D eigenvalue weighted by atomic mass is 35.5. The molecule has 45 heavy (non-hydrogen) atoms. The summed E-state index contributed by atoms with van der Waals surface area (Å²) < 4.78 is 11.1. The molecular formula is C29H35ClN8O7. The van der Waals surface area contributed by atoms with Crippen molar-refractivity contribution in [3.8, 4) is 5.75 Å². The molecule has 15 nitrogen and oxygen atoms in total. The highest BCUT2D eigenvalue weighted by Crippen LogP contribution is 2.28. The molecule has 2 aromatic heterocycles. The van der Waals surface area contributed by atoms with Gasteiger partial charge in [-0.25, -0.2) is 15.0 Å². The fourth-order valence-electron chi connectivity index (χ4n) is 4.64. The van der Waals surface area contributed by atoms with E-state index in [1.54, 1.807) is 42.4 Å². The van der Waals surface area contributed by atoms with Gasteiger partial charge < -0.3 is 29.8 Å². The van der Waals surface area contributed by atoms with Gasteiger partial charge in [-0.3, -0.25) is 9.59 Å². The van der Waals surface area contributed by atoms with Gasteiger partial charge in [0.05, 0.1) is 31.2 Å². The third-order valence-corrected chi connectivity index (χ3v) is 7.36. The molecule has 3 heterocycles. The minimum Gasteiger partial charge on any atom is -0.495 e. The van der Waals surface area contributed by atoms with Gasteiger partial charge in [0.25, 0.3) is 11.0 Å². The van der Waals surface area contributed by atoms with Crippen molar-refractivity contribution in [3.63, 3.8) is 0 Å². The number of hydrogen-bond acceptors (Lipinski definition) is 13. The lowest BCUT2D eigenvalue weighted by Crippen LogP contribution is -2.36. The fourth-order valence-corrected chi connectivity index (χ4v) is 4.92. The highest BCUT2D eigenvalue weighted by molar-refractivity contribution is 6.32. The van der Waals surface area contributed by atoms with Crippen molar-refractivity contribution in [2.45, 2.75) is 58.3 Å². The summed E-state index contributed by atoms with van der Waals surface area (Å²) >= 11 is 6.30. The molecule has 0 aliphatic carbocycles. The van der Waals surface area contributed by atoms with Gasteiger partial charge in [0, 0.05) is 38.1 Å². The number of hydrogen-bond donors (Lipinski definition) is 2. The highest BCUT2D eigenvalue weighted by Gasteiger charge is 2.32.